The molecule has 1 aromatic rings. The minimum Gasteiger partial charge on any atom is -0.369 e. The van der Waals surface area contributed by atoms with Crippen molar-refractivity contribution in [3.8, 4) is 0 Å². The second-order valence-electron chi connectivity index (χ2n) is 12.9. The third-order valence-corrected chi connectivity index (χ3v) is 9.84. The number of likely N-dealkylation sites (N-methyl/N-ethyl adjacent to an activating group) is 1. The first-order valence-electron chi connectivity index (χ1n) is 14.4. The lowest BCUT2D eigenvalue weighted by Gasteiger charge is -2.57. The van der Waals surface area contributed by atoms with Gasteiger partial charge in [-0.15, -0.1) is 0 Å². The molecule has 0 radical (unpaired) electrons. The number of anilines is 1. The second kappa shape index (κ2) is 10.2. The van der Waals surface area contributed by atoms with Crippen LogP contribution in [0.2, 0.25) is 0 Å². The molecule has 3 heterocycles. The smallest absolute Gasteiger partial charge is 0.237 e. The van der Waals surface area contributed by atoms with Crippen molar-refractivity contribution in [2.24, 2.45) is 23.2 Å². The summed E-state index contributed by atoms with van der Waals surface area (Å²) in [6.07, 6.45) is 11.2. The van der Waals surface area contributed by atoms with E-state index in [1.54, 1.807) is 6.33 Å². The maximum atomic E-state index is 13.1. The first-order valence-corrected chi connectivity index (χ1v) is 14.4. The molecule has 8 nitrogen and oxygen atoms in total. The second-order valence-corrected chi connectivity index (χ2v) is 12.9. The summed E-state index contributed by atoms with van der Waals surface area (Å²) in [4.78, 5) is 31.5. The molecule has 0 atom stereocenters. The topological polar surface area (TPSA) is 67.8 Å². The number of piperazine rings is 1. The summed E-state index contributed by atoms with van der Waals surface area (Å²) in [5.74, 6) is 4.18. The molecule has 1 aromatic heterocycles. The predicted molar refractivity (Wildman–Crippen MR) is 142 cm³/mol. The summed E-state index contributed by atoms with van der Waals surface area (Å²) in [7, 11) is 4.25. The van der Waals surface area contributed by atoms with Crippen molar-refractivity contribution in [1.29, 1.82) is 0 Å². The van der Waals surface area contributed by atoms with Crippen molar-refractivity contribution in [3.63, 3.8) is 0 Å². The average Bonchev–Trinajstić information content (AvgIpc) is 2.86. The van der Waals surface area contributed by atoms with Crippen LogP contribution in [0.3, 0.4) is 0 Å². The molecular formula is C28H45N7O. The molecule has 36 heavy (non-hydrogen) atoms. The van der Waals surface area contributed by atoms with Gasteiger partial charge in [0.1, 0.15) is 12.1 Å². The maximum Gasteiger partial charge on any atom is 0.237 e. The van der Waals surface area contributed by atoms with E-state index in [1.165, 1.54) is 44.1 Å². The number of fused-ring (bicyclic) bond motifs is 1. The minimum atomic E-state index is 0.240. The Bertz CT molecular complexity index is 907. The number of nitrogens with zero attached hydrogens (tertiary/aromatic N) is 6. The number of hydrogen-bond acceptors (Lipinski definition) is 7. The number of amides is 1. The Balaban J connectivity index is 1.01. The first kappa shape index (κ1) is 24.6. The van der Waals surface area contributed by atoms with Crippen molar-refractivity contribution < 1.29 is 4.79 Å². The van der Waals surface area contributed by atoms with Crippen LogP contribution >= 0.6 is 0 Å². The molecule has 4 bridgehead atoms. The van der Waals surface area contributed by atoms with Crippen LogP contribution in [-0.2, 0) is 17.8 Å². The summed E-state index contributed by atoms with van der Waals surface area (Å²) in [6.45, 7) is 9.23. The Hall–Kier alpha value is -1.77. The molecule has 0 aromatic carbocycles. The van der Waals surface area contributed by atoms with E-state index in [4.69, 9.17) is 0 Å². The zero-order valence-electron chi connectivity index (χ0n) is 22.4. The van der Waals surface area contributed by atoms with Gasteiger partial charge in [0, 0.05) is 57.9 Å². The van der Waals surface area contributed by atoms with Crippen molar-refractivity contribution in [2.75, 3.05) is 78.3 Å². The van der Waals surface area contributed by atoms with E-state index < -0.39 is 0 Å². The number of carbonyl (C=O) groups is 1. The molecule has 1 amide bonds. The quantitative estimate of drug-likeness (QED) is 0.593. The SMILES string of the molecule is CN(C)CCN1CCN(CC(=O)N2CCc3c(ncnc3NCC34CC5CC(CC(C5)C3)C4)C2)CC1. The van der Waals surface area contributed by atoms with E-state index in [2.05, 4.69) is 44.1 Å². The van der Waals surface area contributed by atoms with Crippen molar-refractivity contribution in [2.45, 2.75) is 51.5 Å². The van der Waals surface area contributed by atoms with Gasteiger partial charge in [-0.25, -0.2) is 9.97 Å². The molecule has 198 valence electrons. The summed E-state index contributed by atoms with van der Waals surface area (Å²) in [6, 6.07) is 0. The van der Waals surface area contributed by atoms with E-state index in [-0.39, 0.29) is 5.91 Å². The van der Waals surface area contributed by atoms with Crippen LogP contribution in [0, 0.1) is 23.2 Å². The number of nitrogens with one attached hydrogen (secondary N) is 1. The van der Waals surface area contributed by atoms with Crippen LogP contribution in [0.25, 0.3) is 0 Å². The lowest BCUT2D eigenvalue weighted by Crippen LogP contribution is -2.51. The van der Waals surface area contributed by atoms with Crippen LogP contribution in [-0.4, -0.2) is 108 Å². The van der Waals surface area contributed by atoms with Gasteiger partial charge in [-0.2, -0.15) is 0 Å². The van der Waals surface area contributed by atoms with Crippen molar-refractivity contribution in [1.82, 2.24) is 29.6 Å². The normalized spacial score (nSPS) is 32.2. The van der Waals surface area contributed by atoms with Crippen LogP contribution in [0.5, 0.6) is 0 Å². The molecule has 5 fully saturated rings. The summed E-state index contributed by atoms with van der Waals surface area (Å²) >= 11 is 0. The van der Waals surface area contributed by atoms with E-state index >= 15 is 0 Å². The van der Waals surface area contributed by atoms with E-state index in [0.717, 1.165) is 88.0 Å². The predicted octanol–water partition coefficient (Wildman–Crippen LogP) is 2.17. The maximum absolute atomic E-state index is 13.1. The van der Waals surface area contributed by atoms with E-state index in [0.29, 0.717) is 18.5 Å². The third kappa shape index (κ3) is 5.27. The van der Waals surface area contributed by atoms with Crippen LogP contribution in [0.15, 0.2) is 6.33 Å². The van der Waals surface area contributed by atoms with Gasteiger partial charge < -0.3 is 15.1 Å². The molecule has 0 unspecified atom stereocenters. The molecule has 2 aliphatic heterocycles. The van der Waals surface area contributed by atoms with E-state index in [9.17, 15) is 4.79 Å². The molecule has 6 aliphatic rings. The summed E-state index contributed by atoms with van der Waals surface area (Å²) < 4.78 is 0. The minimum absolute atomic E-state index is 0.240. The zero-order valence-corrected chi connectivity index (χ0v) is 22.4. The summed E-state index contributed by atoms with van der Waals surface area (Å²) in [5.41, 5.74) is 2.76. The van der Waals surface area contributed by atoms with Gasteiger partial charge in [-0.05, 0) is 82.2 Å². The third-order valence-electron chi connectivity index (χ3n) is 9.84. The Labute approximate surface area is 216 Å². The number of aromatic nitrogens is 2. The van der Waals surface area contributed by atoms with Crippen LogP contribution in [0.4, 0.5) is 5.82 Å². The molecule has 7 rings (SSSR count). The molecule has 4 saturated carbocycles. The van der Waals surface area contributed by atoms with E-state index in [1.807, 2.05) is 4.90 Å². The fraction of sp³-hybridized carbons (Fsp3) is 0.821. The average molecular weight is 496 g/mol. The highest BCUT2D eigenvalue weighted by atomic mass is 16.2. The largest absolute Gasteiger partial charge is 0.369 e. The van der Waals surface area contributed by atoms with Gasteiger partial charge in [0.05, 0.1) is 18.8 Å². The fourth-order valence-electron chi connectivity index (χ4n) is 8.30. The Morgan fingerprint density at radius 2 is 1.67 bits per heavy atom. The van der Waals surface area contributed by atoms with Crippen molar-refractivity contribution in [3.05, 3.63) is 17.6 Å². The molecule has 4 aliphatic carbocycles. The highest BCUT2D eigenvalue weighted by Gasteiger charge is 2.50. The molecule has 0 spiro atoms. The van der Waals surface area contributed by atoms with Crippen molar-refractivity contribution >= 4 is 11.7 Å². The lowest BCUT2D eigenvalue weighted by atomic mass is 9.49. The number of rotatable bonds is 8. The highest BCUT2D eigenvalue weighted by molar-refractivity contribution is 5.78. The standard InChI is InChI=1S/C28H45N7O/c1-32(2)5-6-33-7-9-34(10-8-33)18-26(36)35-4-3-24-25(17-35)30-20-31-27(24)29-19-28-14-21-11-22(15-28)13-23(12-21)16-28/h20-23H,3-19H2,1-2H3,(H,29,30,31). The highest BCUT2D eigenvalue weighted by Crippen LogP contribution is 2.59. The van der Waals surface area contributed by atoms with Gasteiger partial charge >= 0.3 is 0 Å². The first-order chi connectivity index (χ1) is 17.4. The molecule has 1 saturated heterocycles. The number of carbonyl (C=O) groups excluding carboxylic acids is 1. The molecule has 8 heteroatoms. The van der Waals surface area contributed by atoms with Gasteiger partial charge in [0.25, 0.3) is 0 Å². The van der Waals surface area contributed by atoms with Gasteiger partial charge in [-0.3, -0.25) is 14.6 Å². The summed E-state index contributed by atoms with van der Waals surface area (Å²) in [5, 5.41) is 3.79. The van der Waals surface area contributed by atoms with Gasteiger partial charge in [0.2, 0.25) is 5.91 Å². The lowest BCUT2D eigenvalue weighted by molar-refractivity contribution is -0.133. The zero-order chi connectivity index (χ0) is 24.7. The van der Waals surface area contributed by atoms with Gasteiger partial charge in [-0.1, -0.05) is 0 Å². The van der Waals surface area contributed by atoms with Gasteiger partial charge in [0.15, 0.2) is 0 Å². The molecular weight excluding hydrogens is 450 g/mol. The Morgan fingerprint density at radius 1 is 1.00 bits per heavy atom. The Morgan fingerprint density at radius 3 is 2.33 bits per heavy atom. The number of hydrogen-bond donors (Lipinski definition) is 1. The monoisotopic (exact) mass is 495 g/mol. The molecule has 1 N–H and O–H groups in total. The van der Waals surface area contributed by atoms with Crippen LogP contribution in [0.1, 0.15) is 49.8 Å². The Kier molecular flexibility index (Phi) is 6.95. The fourth-order valence-corrected chi connectivity index (χ4v) is 8.30. The van der Waals surface area contributed by atoms with Crippen LogP contribution < -0.4 is 5.32 Å².